The molecule has 1 heterocycles. The van der Waals surface area contributed by atoms with Crippen molar-refractivity contribution >= 4 is 11.7 Å². The normalized spacial score (nSPS) is 9.57. The largest absolute Gasteiger partial charge is 0.337 e. The number of pyridine rings is 1. The Kier molecular flexibility index (Phi) is 3.81. The van der Waals surface area contributed by atoms with Crippen LogP contribution in [0.5, 0.6) is 0 Å². The van der Waals surface area contributed by atoms with Crippen LogP contribution in [0.2, 0.25) is 0 Å². The molecule has 0 aliphatic carbocycles. The van der Waals surface area contributed by atoms with E-state index in [0.717, 1.165) is 0 Å². The van der Waals surface area contributed by atoms with Crippen molar-refractivity contribution in [3.63, 3.8) is 0 Å². The molecule has 1 aromatic heterocycles. The van der Waals surface area contributed by atoms with Gasteiger partial charge < -0.3 is 16.4 Å². The van der Waals surface area contributed by atoms with Crippen LogP contribution in [0.1, 0.15) is 0 Å². The van der Waals surface area contributed by atoms with Gasteiger partial charge in [0.15, 0.2) is 0 Å². The molecule has 14 heavy (non-hydrogen) atoms. The minimum atomic E-state index is -0.585. The van der Waals surface area contributed by atoms with Crippen LogP contribution in [-0.4, -0.2) is 24.1 Å². The predicted molar refractivity (Wildman–Crippen MR) is 50.3 cm³/mol. The molecule has 0 fully saturated rings. The van der Waals surface area contributed by atoms with Gasteiger partial charge in [-0.3, -0.25) is 0 Å². The highest BCUT2D eigenvalue weighted by atomic mass is 19.1. The van der Waals surface area contributed by atoms with E-state index in [-0.39, 0.29) is 6.03 Å². The number of hydrogen-bond acceptors (Lipinski definition) is 3. The summed E-state index contributed by atoms with van der Waals surface area (Å²) in [4.78, 5) is 14.4. The van der Waals surface area contributed by atoms with E-state index in [1.54, 1.807) is 0 Å². The van der Waals surface area contributed by atoms with Gasteiger partial charge in [-0.05, 0) is 12.1 Å². The lowest BCUT2D eigenvalue weighted by molar-refractivity contribution is 0.252. The van der Waals surface area contributed by atoms with E-state index in [1.165, 1.54) is 18.3 Å². The molecule has 1 aromatic rings. The molecule has 0 radical (unpaired) electrons. The molecule has 5 nitrogen and oxygen atoms in total. The second-order valence-electron chi connectivity index (χ2n) is 2.54. The van der Waals surface area contributed by atoms with Gasteiger partial charge in [-0.2, -0.15) is 4.39 Å². The summed E-state index contributed by atoms with van der Waals surface area (Å²) in [6, 6.07) is 2.20. The highest BCUT2D eigenvalue weighted by molar-refractivity contribution is 5.88. The van der Waals surface area contributed by atoms with E-state index in [0.29, 0.717) is 18.8 Å². The Bertz CT molecular complexity index is 301. The van der Waals surface area contributed by atoms with E-state index >= 15 is 0 Å². The molecule has 0 aliphatic heterocycles. The zero-order valence-electron chi connectivity index (χ0n) is 7.46. The Hall–Kier alpha value is -1.69. The SMILES string of the molecule is NCCNC(=O)Nc1ccc(F)nc1. The number of hydrogen-bond donors (Lipinski definition) is 3. The van der Waals surface area contributed by atoms with Gasteiger partial charge in [0.2, 0.25) is 5.95 Å². The van der Waals surface area contributed by atoms with E-state index < -0.39 is 5.95 Å². The second kappa shape index (κ2) is 5.13. The number of carbonyl (C=O) groups excluding carboxylic acids is 1. The van der Waals surface area contributed by atoms with E-state index in [1.807, 2.05) is 0 Å². The molecule has 0 spiro atoms. The molecule has 0 unspecified atom stereocenters. The van der Waals surface area contributed by atoms with Gasteiger partial charge in [0, 0.05) is 13.1 Å². The fourth-order valence-electron chi connectivity index (χ4n) is 0.811. The van der Waals surface area contributed by atoms with E-state index in [2.05, 4.69) is 15.6 Å². The van der Waals surface area contributed by atoms with Crippen molar-refractivity contribution in [3.05, 3.63) is 24.3 Å². The van der Waals surface area contributed by atoms with Crippen LogP contribution in [0.15, 0.2) is 18.3 Å². The summed E-state index contributed by atoms with van der Waals surface area (Å²) >= 11 is 0. The zero-order valence-corrected chi connectivity index (χ0v) is 7.46. The Morgan fingerprint density at radius 2 is 2.36 bits per heavy atom. The summed E-state index contributed by atoms with van der Waals surface area (Å²) in [6.07, 6.45) is 1.23. The highest BCUT2D eigenvalue weighted by Gasteiger charge is 2.00. The number of nitrogens with one attached hydrogen (secondary N) is 2. The summed E-state index contributed by atoms with van der Waals surface area (Å²) in [6.45, 7) is 0.759. The molecule has 0 saturated carbocycles. The molecular formula is C8H11FN4O. The molecular weight excluding hydrogens is 187 g/mol. The van der Waals surface area contributed by atoms with Crippen LogP contribution in [0.4, 0.5) is 14.9 Å². The maximum Gasteiger partial charge on any atom is 0.319 e. The third-order valence-corrected chi connectivity index (χ3v) is 1.42. The summed E-state index contributed by atoms with van der Waals surface area (Å²) in [5, 5.41) is 4.97. The standard InChI is InChI=1S/C8H11FN4O/c9-7-2-1-6(5-12-7)13-8(14)11-4-3-10/h1-2,5H,3-4,10H2,(H2,11,13,14). The Balaban J connectivity index is 2.44. The molecule has 0 aromatic carbocycles. The summed E-state index contributed by atoms with van der Waals surface area (Å²) in [7, 11) is 0. The number of urea groups is 1. The molecule has 0 saturated heterocycles. The Morgan fingerprint density at radius 1 is 1.57 bits per heavy atom. The zero-order chi connectivity index (χ0) is 10.4. The molecule has 1 rings (SSSR count). The van der Waals surface area contributed by atoms with Crippen molar-refractivity contribution in [2.75, 3.05) is 18.4 Å². The maximum atomic E-state index is 12.4. The van der Waals surface area contributed by atoms with Crippen LogP contribution in [-0.2, 0) is 0 Å². The van der Waals surface area contributed by atoms with Crippen molar-refractivity contribution < 1.29 is 9.18 Å². The molecule has 76 valence electrons. The average molecular weight is 198 g/mol. The molecule has 2 amide bonds. The summed E-state index contributed by atoms with van der Waals surface area (Å²) in [5.74, 6) is -0.585. The van der Waals surface area contributed by atoms with Gasteiger partial charge >= 0.3 is 6.03 Å². The molecule has 0 atom stereocenters. The Morgan fingerprint density at radius 3 is 2.93 bits per heavy atom. The Labute approximate surface area is 80.5 Å². The molecule has 4 N–H and O–H groups in total. The van der Waals surface area contributed by atoms with Gasteiger partial charge in [-0.1, -0.05) is 0 Å². The summed E-state index contributed by atoms with van der Waals surface area (Å²) in [5.41, 5.74) is 5.62. The fraction of sp³-hybridized carbons (Fsp3) is 0.250. The number of amides is 2. The third kappa shape index (κ3) is 3.36. The first-order valence-corrected chi connectivity index (χ1v) is 4.09. The van der Waals surface area contributed by atoms with E-state index in [9.17, 15) is 9.18 Å². The van der Waals surface area contributed by atoms with Gasteiger partial charge in [-0.25, -0.2) is 9.78 Å². The number of halogens is 1. The number of nitrogens with two attached hydrogens (primary N) is 1. The van der Waals surface area contributed by atoms with Crippen molar-refractivity contribution in [3.8, 4) is 0 Å². The van der Waals surface area contributed by atoms with E-state index in [4.69, 9.17) is 5.73 Å². The molecule has 0 aliphatic rings. The quantitative estimate of drug-likeness (QED) is 0.611. The van der Waals surface area contributed by atoms with Crippen LogP contribution >= 0.6 is 0 Å². The monoisotopic (exact) mass is 198 g/mol. The third-order valence-electron chi connectivity index (χ3n) is 1.42. The second-order valence-corrected chi connectivity index (χ2v) is 2.54. The number of anilines is 1. The van der Waals surface area contributed by atoms with Gasteiger partial charge in [0.1, 0.15) is 0 Å². The lowest BCUT2D eigenvalue weighted by atomic mass is 10.4. The number of aromatic nitrogens is 1. The smallest absolute Gasteiger partial charge is 0.319 e. The topological polar surface area (TPSA) is 80.0 Å². The fourth-order valence-corrected chi connectivity index (χ4v) is 0.811. The first-order chi connectivity index (χ1) is 6.72. The lowest BCUT2D eigenvalue weighted by Gasteiger charge is -2.05. The van der Waals surface area contributed by atoms with Crippen molar-refractivity contribution in [2.24, 2.45) is 5.73 Å². The first-order valence-electron chi connectivity index (χ1n) is 4.09. The van der Waals surface area contributed by atoms with Crippen LogP contribution in [0.3, 0.4) is 0 Å². The van der Waals surface area contributed by atoms with Crippen LogP contribution in [0, 0.1) is 5.95 Å². The molecule has 6 heteroatoms. The summed E-state index contributed by atoms with van der Waals surface area (Å²) < 4.78 is 12.4. The average Bonchev–Trinajstić information content (AvgIpc) is 2.18. The number of rotatable bonds is 3. The number of carbonyl (C=O) groups is 1. The minimum absolute atomic E-state index is 0.370. The van der Waals surface area contributed by atoms with Crippen molar-refractivity contribution in [1.29, 1.82) is 0 Å². The van der Waals surface area contributed by atoms with Crippen molar-refractivity contribution in [1.82, 2.24) is 10.3 Å². The lowest BCUT2D eigenvalue weighted by Crippen LogP contribution is -2.32. The predicted octanol–water partition coefficient (Wildman–Crippen LogP) is 0.301. The van der Waals surface area contributed by atoms with Gasteiger partial charge in [0.25, 0.3) is 0 Å². The van der Waals surface area contributed by atoms with Gasteiger partial charge in [0.05, 0.1) is 11.9 Å². The van der Waals surface area contributed by atoms with Crippen molar-refractivity contribution in [2.45, 2.75) is 0 Å². The highest BCUT2D eigenvalue weighted by Crippen LogP contribution is 2.04. The number of nitrogens with zero attached hydrogens (tertiary/aromatic N) is 1. The van der Waals surface area contributed by atoms with Gasteiger partial charge in [-0.15, -0.1) is 0 Å². The van der Waals surface area contributed by atoms with Crippen LogP contribution in [0.25, 0.3) is 0 Å². The minimum Gasteiger partial charge on any atom is -0.337 e. The molecule has 0 bridgehead atoms. The maximum absolute atomic E-state index is 12.4. The first kappa shape index (κ1) is 10.4. The van der Waals surface area contributed by atoms with Crippen LogP contribution < -0.4 is 16.4 Å².